The van der Waals surface area contributed by atoms with Crippen LogP contribution < -0.4 is 4.90 Å². The lowest BCUT2D eigenvalue weighted by atomic mass is 9.79. The van der Waals surface area contributed by atoms with Crippen LogP contribution in [-0.2, 0) is 10.8 Å². The molecule has 0 aromatic heterocycles. The minimum Gasteiger partial charge on any atom is -0.310 e. The van der Waals surface area contributed by atoms with Crippen molar-refractivity contribution in [2.24, 2.45) is 0 Å². The fraction of sp³-hybridized carbons (Fsp3) is 0.107. The van der Waals surface area contributed by atoms with Crippen molar-refractivity contribution in [1.82, 2.24) is 0 Å². The molecule has 0 unspecified atom stereocenters. The van der Waals surface area contributed by atoms with Gasteiger partial charge in [-0.25, -0.2) is 0 Å². The Morgan fingerprint density at radius 3 is 1.61 bits per heavy atom. The Kier molecular flexibility index (Phi) is 7.32. The van der Waals surface area contributed by atoms with E-state index in [1.165, 1.54) is 94.0 Å². The molecule has 272 valence electrons. The lowest BCUT2D eigenvalue weighted by Crippen LogP contribution is -2.18. The first-order chi connectivity index (χ1) is 27.8. The Balaban J connectivity index is 1.09. The molecule has 11 rings (SSSR count). The number of rotatable bonds is 5. The summed E-state index contributed by atoms with van der Waals surface area (Å²) in [5.41, 5.74) is 19.0. The molecule has 0 N–H and O–H groups in total. The van der Waals surface area contributed by atoms with Crippen LogP contribution in [0, 0.1) is 0 Å². The molecule has 0 saturated carbocycles. The van der Waals surface area contributed by atoms with Crippen LogP contribution in [0.1, 0.15) is 49.9 Å². The van der Waals surface area contributed by atoms with Gasteiger partial charge >= 0.3 is 0 Å². The first-order valence-electron chi connectivity index (χ1n) is 20.2. The summed E-state index contributed by atoms with van der Waals surface area (Å²) >= 11 is 0. The largest absolute Gasteiger partial charge is 0.310 e. The normalized spacial score (nSPS) is 14.2. The molecule has 1 heteroatoms. The highest BCUT2D eigenvalue weighted by molar-refractivity contribution is 6.07. The highest BCUT2D eigenvalue weighted by atomic mass is 15.1. The number of nitrogens with zero attached hydrogens (tertiary/aromatic N) is 1. The number of fused-ring (bicyclic) bond motifs is 9. The summed E-state index contributed by atoms with van der Waals surface area (Å²) in [4.78, 5) is 2.46. The van der Waals surface area contributed by atoms with Crippen LogP contribution in [0.3, 0.4) is 0 Å². The summed E-state index contributed by atoms with van der Waals surface area (Å²) < 4.78 is 0. The van der Waals surface area contributed by atoms with Gasteiger partial charge in [0.05, 0.1) is 0 Å². The Morgan fingerprint density at radius 2 is 0.860 bits per heavy atom. The average Bonchev–Trinajstić information content (AvgIpc) is 3.62. The van der Waals surface area contributed by atoms with Crippen LogP contribution >= 0.6 is 0 Å². The maximum absolute atomic E-state index is 2.47. The van der Waals surface area contributed by atoms with E-state index in [9.17, 15) is 0 Å². The predicted molar refractivity (Wildman–Crippen MR) is 242 cm³/mol. The quantitative estimate of drug-likeness (QED) is 0.170. The number of anilines is 3. The summed E-state index contributed by atoms with van der Waals surface area (Å²) in [5, 5.41) is 5.16. The molecule has 0 bridgehead atoms. The molecule has 0 aliphatic heterocycles. The van der Waals surface area contributed by atoms with Gasteiger partial charge in [0.1, 0.15) is 0 Å². The van der Waals surface area contributed by atoms with Crippen LogP contribution in [0.15, 0.2) is 188 Å². The Hall–Kier alpha value is -6.70. The second kappa shape index (κ2) is 12.4. The molecule has 57 heavy (non-hydrogen) atoms. The van der Waals surface area contributed by atoms with Crippen LogP contribution in [0.2, 0.25) is 0 Å². The molecule has 9 aromatic rings. The maximum Gasteiger partial charge on any atom is 0.0465 e. The van der Waals surface area contributed by atoms with E-state index in [4.69, 9.17) is 0 Å². The first-order valence-corrected chi connectivity index (χ1v) is 20.2. The van der Waals surface area contributed by atoms with Crippen molar-refractivity contribution in [3.8, 4) is 44.5 Å². The zero-order chi connectivity index (χ0) is 38.5. The van der Waals surface area contributed by atoms with Gasteiger partial charge in [0.25, 0.3) is 0 Å². The third-order valence-corrected chi connectivity index (χ3v) is 13.0. The Labute approximate surface area is 335 Å². The van der Waals surface area contributed by atoms with Crippen molar-refractivity contribution < 1.29 is 0 Å². The summed E-state index contributed by atoms with van der Waals surface area (Å²) in [6.45, 7) is 9.56. The van der Waals surface area contributed by atoms with E-state index in [0.29, 0.717) is 0 Å². The standard InChI is InChI=1S/C56H43N/c1-55(2)51-21-13-12-19-45(51)46-30-28-42(33-52(46)55)57(41-26-24-38(25-27-41)36-14-6-5-7-15-36)43-29-31-47-50-35-49(40-23-22-37-16-8-9-17-39(37)32-40)44-18-10-11-20-48(44)54(50)56(3,4)53(47)34-43/h5-35H,1-4H3. The molecule has 2 aliphatic rings. The lowest BCUT2D eigenvalue weighted by molar-refractivity contribution is 0.660. The van der Waals surface area contributed by atoms with Gasteiger partial charge in [-0.05, 0) is 137 Å². The van der Waals surface area contributed by atoms with E-state index in [2.05, 4.69) is 221 Å². The van der Waals surface area contributed by atoms with Crippen molar-refractivity contribution in [3.05, 3.63) is 210 Å². The van der Waals surface area contributed by atoms with Gasteiger partial charge in [0, 0.05) is 27.9 Å². The van der Waals surface area contributed by atoms with Crippen molar-refractivity contribution in [2.75, 3.05) is 4.90 Å². The van der Waals surface area contributed by atoms with Gasteiger partial charge in [-0.3, -0.25) is 0 Å². The third kappa shape index (κ3) is 5.08. The van der Waals surface area contributed by atoms with Gasteiger partial charge in [-0.1, -0.05) is 167 Å². The molecular formula is C56H43N. The Bertz CT molecular complexity index is 3060. The van der Waals surface area contributed by atoms with E-state index in [0.717, 1.165) is 11.4 Å². The minimum absolute atomic E-state index is 0.101. The molecule has 0 radical (unpaired) electrons. The fourth-order valence-electron chi connectivity index (χ4n) is 10.1. The molecule has 0 heterocycles. The van der Waals surface area contributed by atoms with E-state index < -0.39 is 0 Å². The van der Waals surface area contributed by atoms with Gasteiger partial charge in [-0.15, -0.1) is 0 Å². The van der Waals surface area contributed by atoms with Crippen molar-refractivity contribution in [1.29, 1.82) is 0 Å². The molecule has 0 spiro atoms. The summed E-state index contributed by atoms with van der Waals surface area (Å²) in [5.74, 6) is 0. The lowest BCUT2D eigenvalue weighted by Gasteiger charge is -2.30. The summed E-state index contributed by atoms with van der Waals surface area (Å²) in [6.07, 6.45) is 0. The second-order valence-electron chi connectivity index (χ2n) is 17.0. The van der Waals surface area contributed by atoms with Crippen LogP contribution in [0.5, 0.6) is 0 Å². The predicted octanol–water partition coefficient (Wildman–Crippen LogP) is 15.4. The number of hydrogen-bond acceptors (Lipinski definition) is 1. The monoisotopic (exact) mass is 729 g/mol. The molecular weight excluding hydrogens is 687 g/mol. The number of hydrogen-bond donors (Lipinski definition) is 0. The fourth-order valence-corrected chi connectivity index (χ4v) is 10.1. The molecule has 0 fully saturated rings. The SMILES string of the molecule is CC1(C)c2ccccc2-c2ccc(N(c3ccc(-c4ccccc4)cc3)c3ccc4c(c3)C(C)(C)c3c-4cc(-c4ccc5ccccc5c4)c4ccccc34)cc21. The zero-order valence-corrected chi connectivity index (χ0v) is 32.8. The topological polar surface area (TPSA) is 3.24 Å². The third-order valence-electron chi connectivity index (χ3n) is 13.0. The molecule has 1 nitrogen and oxygen atoms in total. The molecule has 0 atom stereocenters. The molecule has 0 amide bonds. The van der Waals surface area contributed by atoms with Gasteiger partial charge in [0.15, 0.2) is 0 Å². The van der Waals surface area contributed by atoms with Crippen molar-refractivity contribution in [3.63, 3.8) is 0 Å². The molecule has 9 aromatic carbocycles. The molecule has 2 aliphatic carbocycles. The van der Waals surface area contributed by atoms with Crippen LogP contribution in [-0.4, -0.2) is 0 Å². The second-order valence-corrected chi connectivity index (χ2v) is 17.0. The molecule has 0 saturated heterocycles. The van der Waals surface area contributed by atoms with Crippen LogP contribution in [0.25, 0.3) is 66.1 Å². The van der Waals surface area contributed by atoms with Crippen molar-refractivity contribution in [2.45, 2.75) is 38.5 Å². The van der Waals surface area contributed by atoms with Crippen LogP contribution in [0.4, 0.5) is 17.1 Å². The Morgan fingerprint density at radius 1 is 0.316 bits per heavy atom. The first kappa shape index (κ1) is 33.6. The van der Waals surface area contributed by atoms with E-state index >= 15 is 0 Å². The van der Waals surface area contributed by atoms with Gasteiger partial charge < -0.3 is 4.90 Å². The highest BCUT2D eigenvalue weighted by Gasteiger charge is 2.39. The smallest absolute Gasteiger partial charge is 0.0465 e. The average molecular weight is 730 g/mol. The number of benzene rings is 9. The zero-order valence-electron chi connectivity index (χ0n) is 32.8. The van der Waals surface area contributed by atoms with E-state index in [-0.39, 0.29) is 10.8 Å². The van der Waals surface area contributed by atoms with Crippen molar-refractivity contribution >= 4 is 38.6 Å². The van der Waals surface area contributed by atoms with Gasteiger partial charge in [-0.2, -0.15) is 0 Å². The highest BCUT2D eigenvalue weighted by Crippen LogP contribution is 2.55. The van der Waals surface area contributed by atoms with E-state index in [1.807, 2.05) is 0 Å². The summed E-state index contributed by atoms with van der Waals surface area (Å²) in [7, 11) is 0. The van der Waals surface area contributed by atoms with Gasteiger partial charge in [0.2, 0.25) is 0 Å². The maximum atomic E-state index is 2.47. The summed E-state index contributed by atoms with van der Waals surface area (Å²) in [6, 6.07) is 70.0. The van der Waals surface area contributed by atoms with E-state index in [1.54, 1.807) is 0 Å². The minimum atomic E-state index is -0.216.